The van der Waals surface area contributed by atoms with E-state index >= 15 is 0 Å². The Bertz CT molecular complexity index is 707. The summed E-state index contributed by atoms with van der Waals surface area (Å²) >= 11 is 0. The molecule has 22 heavy (non-hydrogen) atoms. The molecule has 0 saturated heterocycles. The fourth-order valence-corrected chi connectivity index (χ4v) is 2.85. The van der Waals surface area contributed by atoms with E-state index in [0.717, 1.165) is 5.69 Å². The van der Waals surface area contributed by atoms with Crippen LogP contribution in [-0.4, -0.2) is 31.7 Å². The van der Waals surface area contributed by atoms with Crippen LogP contribution in [0.2, 0.25) is 0 Å². The number of anilines is 1. The number of carbonyl (C=O) groups excluding carboxylic acids is 1. The number of carboxylic acids is 1. The van der Waals surface area contributed by atoms with Crippen LogP contribution in [0.4, 0.5) is 5.69 Å². The summed E-state index contributed by atoms with van der Waals surface area (Å²) in [6.45, 7) is 3.59. The molecule has 7 heteroatoms. The lowest BCUT2D eigenvalue weighted by Gasteiger charge is -2.07. The number of hydrogen-bond donors (Lipinski definition) is 2. The maximum absolute atomic E-state index is 12.2. The van der Waals surface area contributed by atoms with Crippen molar-refractivity contribution in [2.75, 3.05) is 5.32 Å². The summed E-state index contributed by atoms with van der Waals surface area (Å²) in [5, 5.41) is 15.9. The number of hydrogen-bond acceptors (Lipinski definition) is 4. The van der Waals surface area contributed by atoms with E-state index in [2.05, 4.69) is 15.4 Å². The molecule has 3 rings (SSSR count). The molecular formula is C15H16N4O3. The van der Waals surface area contributed by atoms with Gasteiger partial charge in [-0.2, -0.15) is 5.10 Å². The minimum absolute atomic E-state index is 0.258. The van der Waals surface area contributed by atoms with E-state index in [-0.39, 0.29) is 5.91 Å². The lowest BCUT2D eigenvalue weighted by atomic mass is 10.1. The molecule has 0 unspecified atom stereocenters. The first-order valence-electron chi connectivity index (χ1n) is 6.90. The standard InChI is InChI=1S/C15H16N4O3/c1-15(2)11(12(15)14(21)22)13(20)18-9-3-5-10(6-4-9)19-8-16-7-17-19/h3-8,11-12H,1-2H3,(H,18,20)(H,21,22)/t11-,12+/m0/s1. The first-order valence-corrected chi connectivity index (χ1v) is 6.90. The zero-order valence-electron chi connectivity index (χ0n) is 12.2. The van der Waals surface area contributed by atoms with E-state index in [4.69, 9.17) is 5.11 Å². The Balaban J connectivity index is 1.69. The summed E-state index contributed by atoms with van der Waals surface area (Å²) in [6, 6.07) is 7.11. The van der Waals surface area contributed by atoms with Gasteiger partial charge < -0.3 is 10.4 Å². The molecule has 2 N–H and O–H groups in total. The fourth-order valence-electron chi connectivity index (χ4n) is 2.85. The summed E-state index contributed by atoms with van der Waals surface area (Å²) in [6.07, 6.45) is 3.02. The summed E-state index contributed by atoms with van der Waals surface area (Å²) < 4.78 is 1.61. The van der Waals surface area contributed by atoms with Gasteiger partial charge in [-0.15, -0.1) is 0 Å². The number of benzene rings is 1. The lowest BCUT2D eigenvalue weighted by molar-refractivity contribution is -0.140. The molecule has 1 saturated carbocycles. The van der Waals surface area contributed by atoms with Crippen molar-refractivity contribution in [3.8, 4) is 5.69 Å². The van der Waals surface area contributed by atoms with E-state index in [0.29, 0.717) is 5.69 Å². The number of nitrogens with one attached hydrogen (secondary N) is 1. The highest BCUT2D eigenvalue weighted by Crippen LogP contribution is 2.58. The Morgan fingerprint density at radius 1 is 1.23 bits per heavy atom. The second kappa shape index (κ2) is 4.94. The van der Waals surface area contributed by atoms with Crippen molar-refractivity contribution in [1.29, 1.82) is 0 Å². The number of nitrogens with zero attached hydrogens (tertiary/aromatic N) is 3. The molecule has 114 valence electrons. The van der Waals surface area contributed by atoms with E-state index in [9.17, 15) is 9.59 Å². The van der Waals surface area contributed by atoms with Gasteiger partial charge in [0.25, 0.3) is 0 Å². The second-order valence-electron chi connectivity index (χ2n) is 5.99. The van der Waals surface area contributed by atoms with Crippen LogP contribution in [-0.2, 0) is 9.59 Å². The van der Waals surface area contributed by atoms with Gasteiger partial charge in [-0.1, -0.05) is 13.8 Å². The number of carbonyl (C=O) groups is 2. The molecule has 1 amide bonds. The highest BCUT2D eigenvalue weighted by atomic mass is 16.4. The van der Waals surface area contributed by atoms with Gasteiger partial charge in [0.2, 0.25) is 5.91 Å². The molecule has 7 nitrogen and oxygen atoms in total. The Labute approximate surface area is 127 Å². The van der Waals surface area contributed by atoms with Crippen LogP contribution in [0, 0.1) is 17.3 Å². The molecule has 1 heterocycles. The zero-order chi connectivity index (χ0) is 15.9. The third-order valence-electron chi connectivity index (χ3n) is 4.19. The van der Waals surface area contributed by atoms with Crippen LogP contribution in [0.3, 0.4) is 0 Å². The van der Waals surface area contributed by atoms with Gasteiger partial charge in [0.1, 0.15) is 12.7 Å². The first kappa shape index (κ1) is 14.2. The molecule has 1 fully saturated rings. The Morgan fingerprint density at radius 2 is 1.91 bits per heavy atom. The summed E-state index contributed by atoms with van der Waals surface area (Å²) in [5.41, 5.74) is 0.947. The topological polar surface area (TPSA) is 97.1 Å². The monoisotopic (exact) mass is 300 g/mol. The minimum Gasteiger partial charge on any atom is -0.481 e. The van der Waals surface area contributed by atoms with E-state index < -0.39 is 23.2 Å². The molecular weight excluding hydrogens is 284 g/mol. The first-order chi connectivity index (χ1) is 10.4. The third kappa shape index (κ3) is 2.34. The van der Waals surface area contributed by atoms with Gasteiger partial charge >= 0.3 is 5.97 Å². The number of aromatic nitrogens is 3. The van der Waals surface area contributed by atoms with Gasteiger partial charge in [-0.25, -0.2) is 9.67 Å². The fraction of sp³-hybridized carbons (Fsp3) is 0.333. The van der Waals surface area contributed by atoms with Gasteiger partial charge in [0, 0.05) is 5.69 Å². The SMILES string of the molecule is CC1(C)[C@H](C(=O)Nc2ccc(-n3cncn3)cc2)[C@@H]1C(=O)O. The van der Waals surface area contributed by atoms with Crippen molar-refractivity contribution < 1.29 is 14.7 Å². The van der Waals surface area contributed by atoms with Crippen LogP contribution in [0.1, 0.15) is 13.8 Å². The molecule has 1 aliphatic rings. The van der Waals surface area contributed by atoms with Crippen molar-refractivity contribution in [3.63, 3.8) is 0 Å². The van der Waals surface area contributed by atoms with Crippen molar-refractivity contribution in [2.24, 2.45) is 17.3 Å². The highest BCUT2D eigenvalue weighted by molar-refractivity contribution is 5.99. The largest absolute Gasteiger partial charge is 0.481 e. The normalized spacial score (nSPS) is 22.1. The van der Waals surface area contributed by atoms with Crippen molar-refractivity contribution in [2.45, 2.75) is 13.8 Å². The molecule has 0 aliphatic heterocycles. The Kier molecular flexibility index (Phi) is 3.20. The minimum atomic E-state index is -0.924. The van der Waals surface area contributed by atoms with Crippen LogP contribution in [0.15, 0.2) is 36.9 Å². The maximum Gasteiger partial charge on any atom is 0.307 e. The van der Waals surface area contributed by atoms with Crippen LogP contribution >= 0.6 is 0 Å². The van der Waals surface area contributed by atoms with Gasteiger partial charge in [0.05, 0.1) is 17.5 Å². The van der Waals surface area contributed by atoms with Crippen molar-refractivity contribution >= 4 is 17.6 Å². The van der Waals surface area contributed by atoms with Gasteiger partial charge in [-0.3, -0.25) is 9.59 Å². The summed E-state index contributed by atoms with van der Waals surface area (Å²) in [7, 11) is 0. The second-order valence-corrected chi connectivity index (χ2v) is 5.99. The molecule has 1 aromatic heterocycles. The molecule has 0 radical (unpaired) electrons. The van der Waals surface area contributed by atoms with Crippen LogP contribution in [0.25, 0.3) is 5.69 Å². The molecule has 2 aromatic rings. The lowest BCUT2D eigenvalue weighted by Crippen LogP contribution is -2.17. The molecule has 1 aliphatic carbocycles. The predicted molar refractivity (Wildman–Crippen MR) is 78.4 cm³/mol. The smallest absolute Gasteiger partial charge is 0.307 e. The summed E-state index contributed by atoms with van der Waals surface area (Å²) in [4.78, 5) is 27.2. The van der Waals surface area contributed by atoms with Gasteiger partial charge in [-0.05, 0) is 29.7 Å². The molecule has 1 aromatic carbocycles. The molecule has 0 bridgehead atoms. The number of carboxylic acid groups (broad SMARTS) is 1. The van der Waals surface area contributed by atoms with Crippen molar-refractivity contribution in [1.82, 2.24) is 14.8 Å². The average molecular weight is 300 g/mol. The van der Waals surface area contributed by atoms with Crippen LogP contribution in [0.5, 0.6) is 0 Å². The quantitative estimate of drug-likeness (QED) is 0.893. The van der Waals surface area contributed by atoms with E-state index in [1.807, 2.05) is 0 Å². The van der Waals surface area contributed by atoms with E-state index in [1.54, 1.807) is 49.1 Å². The third-order valence-corrected chi connectivity index (χ3v) is 4.19. The maximum atomic E-state index is 12.2. The number of aliphatic carboxylic acids is 1. The number of rotatable bonds is 4. The molecule has 0 spiro atoms. The van der Waals surface area contributed by atoms with Crippen molar-refractivity contribution in [3.05, 3.63) is 36.9 Å². The number of amides is 1. The zero-order valence-corrected chi connectivity index (χ0v) is 12.2. The van der Waals surface area contributed by atoms with Gasteiger partial charge in [0.15, 0.2) is 0 Å². The Hall–Kier alpha value is -2.70. The predicted octanol–water partition coefficient (Wildman–Crippen LogP) is 1.56. The van der Waals surface area contributed by atoms with Crippen LogP contribution < -0.4 is 5.32 Å². The average Bonchev–Trinajstić information content (AvgIpc) is 2.84. The molecule has 2 atom stereocenters. The Morgan fingerprint density at radius 3 is 2.41 bits per heavy atom. The summed E-state index contributed by atoms with van der Waals surface area (Å²) in [5.74, 6) is -2.31. The van der Waals surface area contributed by atoms with E-state index in [1.165, 1.54) is 6.33 Å². The highest BCUT2D eigenvalue weighted by Gasteiger charge is 2.65.